The van der Waals surface area contributed by atoms with Crippen molar-refractivity contribution in [3.63, 3.8) is 0 Å². The van der Waals surface area contributed by atoms with Crippen LogP contribution in [0.4, 0.5) is 5.69 Å². The number of guanidine groups is 1. The fraction of sp³-hybridized carbons (Fsp3) is 0.240. The number of nitrogens with zero attached hydrogens (tertiary/aromatic N) is 1. The lowest BCUT2D eigenvalue weighted by Crippen LogP contribution is -2.49. The maximum atomic E-state index is 12.6. The minimum Gasteiger partial charge on any atom is -0.478 e. The lowest BCUT2D eigenvalue weighted by molar-refractivity contribution is -0.113. The normalized spacial score (nSPS) is 14.0. The van der Waals surface area contributed by atoms with Gasteiger partial charge in [-0.2, -0.15) is 0 Å². The molecule has 12 nitrogen and oxygen atoms in total. The van der Waals surface area contributed by atoms with Gasteiger partial charge >= 0.3 is 5.97 Å². The molecule has 0 aliphatic rings. The number of aliphatic hydroxyl groups is 5. The number of halogens is 1. The molecule has 1 amide bonds. The van der Waals surface area contributed by atoms with Crippen molar-refractivity contribution in [2.75, 3.05) is 13.2 Å². The van der Waals surface area contributed by atoms with Gasteiger partial charge in [-0.3, -0.25) is 4.79 Å². The summed E-state index contributed by atoms with van der Waals surface area (Å²) >= 11 is 0. The minimum atomic E-state index is -1.80. The number of aliphatic imine (C=N–C) groups is 1. The molecular weight excluding hydrogens is 520 g/mol. The van der Waals surface area contributed by atoms with Gasteiger partial charge in [0.25, 0.3) is 5.91 Å². The topological polar surface area (TPSA) is 232 Å². The van der Waals surface area contributed by atoms with E-state index < -0.39 is 49.4 Å². The number of nitrogens with one attached hydrogen (secondary N) is 1. The molecule has 0 aliphatic carbocycles. The van der Waals surface area contributed by atoms with Gasteiger partial charge in [-0.1, -0.05) is 18.2 Å². The molecule has 38 heavy (non-hydrogen) atoms. The van der Waals surface area contributed by atoms with Crippen LogP contribution in [0.1, 0.15) is 20.7 Å². The monoisotopic (exact) mass is 548 g/mol. The number of fused-ring (bicyclic) bond motifs is 1. The van der Waals surface area contributed by atoms with Crippen LogP contribution in [0.5, 0.6) is 0 Å². The van der Waals surface area contributed by atoms with E-state index in [0.29, 0.717) is 27.6 Å². The van der Waals surface area contributed by atoms with Crippen molar-refractivity contribution >= 4 is 46.7 Å². The first-order valence-corrected chi connectivity index (χ1v) is 11.1. The number of hydrogen-bond donors (Lipinski definition) is 9. The van der Waals surface area contributed by atoms with Gasteiger partial charge in [0.2, 0.25) is 0 Å². The SMILES string of the molecule is Cl.NC(N)=Nc1ccc(C(=O)O)c(-c2ccc3cc(C(=O)NC[C@H](O)[C@@H](O)[C@H](O)[C@H](O)CO)ccc3c2)c1. The zero-order valence-corrected chi connectivity index (χ0v) is 20.7. The van der Waals surface area contributed by atoms with Crippen molar-refractivity contribution in [1.82, 2.24) is 5.32 Å². The van der Waals surface area contributed by atoms with E-state index in [9.17, 15) is 35.1 Å². The molecule has 0 fully saturated rings. The Bertz CT molecular complexity index is 1330. The summed E-state index contributed by atoms with van der Waals surface area (Å²) in [5.74, 6) is -1.85. The van der Waals surface area contributed by atoms with Crippen molar-refractivity contribution in [1.29, 1.82) is 0 Å². The first kappa shape index (κ1) is 30.4. The number of rotatable bonds is 10. The van der Waals surface area contributed by atoms with Gasteiger partial charge in [0.1, 0.15) is 18.3 Å². The van der Waals surface area contributed by atoms with E-state index in [4.69, 9.17) is 16.6 Å². The summed E-state index contributed by atoms with van der Waals surface area (Å²) in [6.45, 7) is -1.23. The quantitative estimate of drug-likeness (QED) is 0.118. The Balaban J connectivity index is 0.00000507. The smallest absolute Gasteiger partial charge is 0.336 e. The first-order valence-electron chi connectivity index (χ1n) is 11.1. The molecule has 0 saturated carbocycles. The number of nitrogens with two attached hydrogens (primary N) is 2. The number of amides is 1. The van der Waals surface area contributed by atoms with Crippen molar-refractivity contribution in [3.8, 4) is 11.1 Å². The van der Waals surface area contributed by atoms with E-state index in [0.717, 1.165) is 0 Å². The summed E-state index contributed by atoms with van der Waals surface area (Å²) in [5, 5.41) is 61.2. The van der Waals surface area contributed by atoms with Crippen LogP contribution in [-0.4, -0.2) is 86.0 Å². The van der Waals surface area contributed by atoms with Gasteiger partial charge in [0.05, 0.1) is 24.0 Å². The van der Waals surface area contributed by atoms with Crippen LogP contribution in [0.25, 0.3) is 21.9 Å². The molecule has 0 saturated heterocycles. The summed E-state index contributed by atoms with van der Waals surface area (Å²) in [7, 11) is 0. The van der Waals surface area contributed by atoms with E-state index in [1.165, 1.54) is 18.2 Å². The number of aliphatic hydroxyl groups excluding tert-OH is 5. The van der Waals surface area contributed by atoms with E-state index in [1.807, 2.05) is 0 Å². The zero-order valence-electron chi connectivity index (χ0n) is 19.9. The molecule has 3 rings (SSSR count). The lowest BCUT2D eigenvalue weighted by atomic mass is 9.96. The van der Waals surface area contributed by atoms with Gasteiger partial charge in [-0.15, -0.1) is 12.4 Å². The molecule has 0 radical (unpaired) electrons. The summed E-state index contributed by atoms with van der Waals surface area (Å²) in [6.07, 6.45) is -6.83. The molecule has 204 valence electrons. The van der Waals surface area contributed by atoms with Crippen LogP contribution in [0.2, 0.25) is 0 Å². The molecule has 0 heterocycles. The van der Waals surface area contributed by atoms with E-state index in [2.05, 4.69) is 10.3 Å². The molecule has 3 aromatic carbocycles. The first-order chi connectivity index (χ1) is 17.5. The van der Waals surface area contributed by atoms with Crippen LogP contribution in [0, 0.1) is 0 Å². The number of benzene rings is 3. The highest BCUT2D eigenvalue weighted by Gasteiger charge is 2.30. The van der Waals surface area contributed by atoms with Crippen molar-refractivity contribution in [2.24, 2.45) is 16.5 Å². The second-order valence-electron chi connectivity index (χ2n) is 8.36. The maximum Gasteiger partial charge on any atom is 0.336 e. The number of aromatic carboxylic acids is 1. The molecule has 3 aromatic rings. The van der Waals surface area contributed by atoms with Gasteiger partial charge in [0.15, 0.2) is 5.96 Å². The van der Waals surface area contributed by atoms with Gasteiger partial charge in [-0.05, 0) is 58.3 Å². The second-order valence-corrected chi connectivity index (χ2v) is 8.36. The minimum absolute atomic E-state index is 0. The third-order valence-corrected chi connectivity index (χ3v) is 5.70. The second kappa shape index (κ2) is 13.1. The van der Waals surface area contributed by atoms with Crippen molar-refractivity contribution in [3.05, 3.63) is 65.7 Å². The standard InChI is InChI=1S/C25H28N4O8.ClH/c26-25(27)29-16-5-6-17(24(36)37)18(9-16)14-3-1-13-8-15(4-2-12(13)7-14)23(35)28-10-19(31)21(33)22(34)20(32)11-30;/h1-9,19-22,30-34H,10-11H2,(H,28,35)(H,36,37)(H4,26,27,29);1H/t19-,20+,21+,22+;/m0./s1. The molecular formula is C25H29ClN4O8. The third-order valence-electron chi connectivity index (χ3n) is 5.70. The average molecular weight is 549 g/mol. The highest BCUT2D eigenvalue weighted by Crippen LogP contribution is 2.31. The Morgan fingerprint density at radius 2 is 1.50 bits per heavy atom. The summed E-state index contributed by atoms with van der Waals surface area (Å²) in [6, 6.07) is 14.4. The Morgan fingerprint density at radius 3 is 2.13 bits per heavy atom. The molecule has 0 aromatic heterocycles. The lowest BCUT2D eigenvalue weighted by Gasteiger charge is -2.25. The highest BCUT2D eigenvalue weighted by molar-refractivity contribution is 6.01. The van der Waals surface area contributed by atoms with Crippen LogP contribution in [-0.2, 0) is 0 Å². The van der Waals surface area contributed by atoms with Crippen LogP contribution >= 0.6 is 12.4 Å². The molecule has 0 unspecified atom stereocenters. The molecule has 0 bridgehead atoms. The van der Waals surface area contributed by atoms with Crippen LogP contribution in [0.15, 0.2) is 59.6 Å². The summed E-state index contributed by atoms with van der Waals surface area (Å²) in [4.78, 5) is 28.3. The largest absolute Gasteiger partial charge is 0.478 e. The van der Waals surface area contributed by atoms with Gasteiger partial charge in [-0.25, -0.2) is 9.79 Å². The highest BCUT2D eigenvalue weighted by atomic mass is 35.5. The predicted molar refractivity (Wildman–Crippen MR) is 143 cm³/mol. The third kappa shape index (κ3) is 7.16. The van der Waals surface area contributed by atoms with Crippen LogP contribution < -0.4 is 16.8 Å². The Morgan fingerprint density at radius 1 is 0.868 bits per heavy atom. The molecule has 13 heteroatoms. The van der Waals surface area contributed by atoms with E-state index >= 15 is 0 Å². The average Bonchev–Trinajstić information content (AvgIpc) is 2.88. The van der Waals surface area contributed by atoms with E-state index in [1.54, 1.807) is 36.4 Å². The van der Waals surface area contributed by atoms with Gasteiger partial charge < -0.3 is 47.4 Å². The number of carbonyl (C=O) groups excluding carboxylic acids is 1. The number of hydrogen-bond acceptors (Lipinski definition) is 8. The molecule has 11 N–H and O–H groups in total. The van der Waals surface area contributed by atoms with Crippen molar-refractivity contribution < 1.29 is 40.2 Å². The van der Waals surface area contributed by atoms with E-state index in [-0.39, 0.29) is 29.5 Å². The Labute approximate surface area is 223 Å². The fourth-order valence-electron chi connectivity index (χ4n) is 3.71. The summed E-state index contributed by atoms with van der Waals surface area (Å²) in [5.41, 5.74) is 12.5. The van der Waals surface area contributed by atoms with Crippen LogP contribution in [0.3, 0.4) is 0 Å². The number of carboxylic acids is 1. The Kier molecular flexibility index (Phi) is 10.5. The molecule has 0 spiro atoms. The number of carbonyl (C=O) groups is 2. The van der Waals surface area contributed by atoms with Gasteiger partial charge in [0, 0.05) is 12.1 Å². The fourth-order valence-corrected chi connectivity index (χ4v) is 3.71. The summed E-state index contributed by atoms with van der Waals surface area (Å²) < 4.78 is 0. The Hall–Kier alpha value is -3.78. The molecule has 0 aliphatic heterocycles. The predicted octanol–water partition coefficient (Wildman–Crippen LogP) is -0.303. The molecule has 4 atom stereocenters. The zero-order chi connectivity index (χ0) is 27.3. The van der Waals surface area contributed by atoms with Crippen molar-refractivity contribution in [2.45, 2.75) is 24.4 Å². The maximum absolute atomic E-state index is 12.6. The number of carboxylic acid groups (broad SMARTS) is 1.